The summed E-state index contributed by atoms with van der Waals surface area (Å²) in [5.74, 6) is 0.458. The van der Waals surface area contributed by atoms with Crippen molar-refractivity contribution in [3.63, 3.8) is 0 Å². The van der Waals surface area contributed by atoms with E-state index in [1.165, 1.54) is 0 Å². The molecule has 0 bridgehead atoms. The minimum absolute atomic E-state index is 0.159. The second-order valence-corrected chi connectivity index (χ2v) is 4.34. The lowest BCUT2D eigenvalue weighted by atomic mass is 10.3. The average Bonchev–Trinajstić information content (AvgIpc) is 2.78. The summed E-state index contributed by atoms with van der Waals surface area (Å²) in [5, 5.41) is 0. The Labute approximate surface area is 112 Å². The number of carbonyl (C=O) groups excluding carboxylic acids is 1. The molecule has 0 N–H and O–H groups in total. The summed E-state index contributed by atoms with van der Waals surface area (Å²) in [4.78, 5) is 15.7. The third-order valence-electron chi connectivity index (χ3n) is 2.67. The van der Waals surface area contributed by atoms with Crippen LogP contribution in [0.5, 0.6) is 0 Å². The standard InChI is InChI=1S/C15H16N2O2/c1-11(2)15(18)19-10-13-9-17(12(3)16-13)14-7-5-4-6-8-14/h4-9H,1,10H2,2-3H3. The summed E-state index contributed by atoms with van der Waals surface area (Å²) >= 11 is 0. The molecule has 0 aliphatic heterocycles. The van der Waals surface area contributed by atoms with Crippen LogP contribution in [0.3, 0.4) is 0 Å². The van der Waals surface area contributed by atoms with Crippen LogP contribution < -0.4 is 0 Å². The number of para-hydroxylation sites is 1. The first kappa shape index (κ1) is 13.1. The molecule has 0 fully saturated rings. The molecule has 1 heterocycles. The third kappa shape index (κ3) is 3.10. The molecule has 19 heavy (non-hydrogen) atoms. The summed E-state index contributed by atoms with van der Waals surface area (Å²) in [6, 6.07) is 9.90. The van der Waals surface area contributed by atoms with Gasteiger partial charge in [-0.1, -0.05) is 24.8 Å². The fourth-order valence-electron chi connectivity index (χ4n) is 1.72. The van der Waals surface area contributed by atoms with Crippen molar-refractivity contribution >= 4 is 5.97 Å². The van der Waals surface area contributed by atoms with Gasteiger partial charge in [-0.15, -0.1) is 0 Å². The van der Waals surface area contributed by atoms with Gasteiger partial charge in [0.25, 0.3) is 0 Å². The lowest BCUT2D eigenvalue weighted by Crippen LogP contribution is -2.04. The number of rotatable bonds is 4. The highest BCUT2D eigenvalue weighted by molar-refractivity contribution is 5.86. The molecule has 1 aromatic heterocycles. The molecule has 0 saturated carbocycles. The summed E-state index contributed by atoms with van der Waals surface area (Å²) in [6.07, 6.45) is 1.87. The highest BCUT2D eigenvalue weighted by atomic mass is 16.5. The van der Waals surface area contributed by atoms with Crippen LogP contribution in [0, 0.1) is 6.92 Å². The van der Waals surface area contributed by atoms with Crippen molar-refractivity contribution in [1.29, 1.82) is 0 Å². The summed E-state index contributed by atoms with van der Waals surface area (Å²) in [7, 11) is 0. The predicted molar refractivity (Wildman–Crippen MR) is 72.9 cm³/mol. The van der Waals surface area contributed by atoms with Crippen LogP contribution in [-0.4, -0.2) is 15.5 Å². The minimum Gasteiger partial charge on any atom is -0.456 e. The minimum atomic E-state index is -0.396. The number of aryl methyl sites for hydroxylation is 1. The number of imidazole rings is 1. The SMILES string of the molecule is C=C(C)C(=O)OCc1cn(-c2ccccc2)c(C)n1. The van der Waals surface area contributed by atoms with Gasteiger partial charge >= 0.3 is 5.97 Å². The van der Waals surface area contributed by atoms with Gasteiger partial charge in [-0.2, -0.15) is 0 Å². The molecular formula is C15H16N2O2. The van der Waals surface area contributed by atoms with Gasteiger partial charge in [-0.05, 0) is 26.0 Å². The molecular weight excluding hydrogens is 240 g/mol. The van der Waals surface area contributed by atoms with Gasteiger partial charge < -0.3 is 9.30 Å². The van der Waals surface area contributed by atoms with E-state index in [1.54, 1.807) is 6.92 Å². The van der Waals surface area contributed by atoms with Crippen LogP contribution >= 0.6 is 0 Å². The number of carbonyl (C=O) groups is 1. The Hall–Kier alpha value is -2.36. The Bertz CT molecular complexity index is 600. The normalized spacial score (nSPS) is 10.2. The van der Waals surface area contributed by atoms with Crippen LogP contribution in [0.2, 0.25) is 0 Å². The van der Waals surface area contributed by atoms with Gasteiger partial charge in [0.05, 0.1) is 5.69 Å². The molecule has 4 heteroatoms. The molecule has 0 radical (unpaired) electrons. The average molecular weight is 256 g/mol. The zero-order valence-electron chi connectivity index (χ0n) is 11.1. The van der Waals surface area contributed by atoms with E-state index >= 15 is 0 Å². The maximum absolute atomic E-state index is 11.3. The van der Waals surface area contributed by atoms with Crippen LogP contribution in [0.25, 0.3) is 5.69 Å². The fraction of sp³-hybridized carbons (Fsp3) is 0.200. The van der Waals surface area contributed by atoms with Crippen LogP contribution in [-0.2, 0) is 16.1 Å². The van der Waals surface area contributed by atoms with Gasteiger partial charge in [0.15, 0.2) is 0 Å². The zero-order chi connectivity index (χ0) is 13.8. The van der Waals surface area contributed by atoms with Crippen molar-refractivity contribution < 1.29 is 9.53 Å². The van der Waals surface area contributed by atoms with Crippen molar-refractivity contribution in [2.45, 2.75) is 20.5 Å². The van der Waals surface area contributed by atoms with E-state index in [0.29, 0.717) is 5.57 Å². The van der Waals surface area contributed by atoms with Gasteiger partial charge in [0.1, 0.15) is 12.4 Å². The molecule has 0 unspecified atom stereocenters. The van der Waals surface area contributed by atoms with Crippen molar-refractivity contribution in [3.8, 4) is 5.69 Å². The summed E-state index contributed by atoms with van der Waals surface area (Å²) < 4.78 is 7.04. The maximum Gasteiger partial charge on any atom is 0.333 e. The van der Waals surface area contributed by atoms with E-state index in [4.69, 9.17) is 4.74 Å². The number of hydrogen-bond donors (Lipinski definition) is 0. The second-order valence-electron chi connectivity index (χ2n) is 4.34. The van der Waals surface area contributed by atoms with E-state index < -0.39 is 5.97 Å². The van der Waals surface area contributed by atoms with Crippen molar-refractivity contribution in [3.05, 3.63) is 60.2 Å². The Balaban J connectivity index is 2.14. The Morgan fingerprint density at radius 3 is 2.68 bits per heavy atom. The van der Waals surface area contributed by atoms with Crippen LogP contribution in [0.1, 0.15) is 18.4 Å². The van der Waals surface area contributed by atoms with E-state index in [2.05, 4.69) is 11.6 Å². The van der Waals surface area contributed by atoms with Gasteiger partial charge in [-0.3, -0.25) is 0 Å². The lowest BCUT2D eigenvalue weighted by Gasteiger charge is -2.03. The summed E-state index contributed by atoms with van der Waals surface area (Å²) in [6.45, 7) is 7.23. The Morgan fingerprint density at radius 2 is 2.05 bits per heavy atom. The number of hydrogen-bond acceptors (Lipinski definition) is 3. The number of nitrogens with zero attached hydrogens (tertiary/aromatic N) is 2. The first-order valence-corrected chi connectivity index (χ1v) is 6.01. The molecule has 0 saturated heterocycles. The number of benzene rings is 1. The molecule has 1 aromatic carbocycles. The Kier molecular flexibility index (Phi) is 3.80. The quantitative estimate of drug-likeness (QED) is 0.624. The largest absolute Gasteiger partial charge is 0.456 e. The number of ether oxygens (including phenoxy) is 1. The fourth-order valence-corrected chi connectivity index (χ4v) is 1.72. The van der Waals surface area contributed by atoms with Gasteiger partial charge in [0.2, 0.25) is 0 Å². The van der Waals surface area contributed by atoms with E-state index in [9.17, 15) is 4.79 Å². The van der Waals surface area contributed by atoms with E-state index in [-0.39, 0.29) is 6.61 Å². The van der Waals surface area contributed by atoms with Crippen molar-refractivity contribution in [1.82, 2.24) is 9.55 Å². The first-order valence-electron chi connectivity index (χ1n) is 6.01. The highest BCUT2D eigenvalue weighted by Crippen LogP contribution is 2.12. The topological polar surface area (TPSA) is 44.1 Å². The van der Waals surface area contributed by atoms with Crippen molar-refractivity contribution in [2.75, 3.05) is 0 Å². The summed E-state index contributed by atoms with van der Waals surface area (Å²) in [5.41, 5.74) is 2.14. The van der Waals surface area contributed by atoms with Gasteiger partial charge in [-0.25, -0.2) is 9.78 Å². The predicted octanol–water partition coefficient (Wildman–Crippen LogP) is 2.80. The second kappa shape index (κ2) is 5.52. The van der Waals surface area contributed by atoms with Crippen LogP contribution in [0.15, 0.2) is 48.7 Å². The molecule has 0 aliphatic rings. The lowest BCUT2D eigenvalue weighted by molar-refractivity contribution is -0.140. The van der Waals surface area contributed by atoms with Crippen molar-refractivity contribution in [2.24, 2.45) is 0 Å². The molecule has 2 aromatic rings. The first-order chi connectivity index (χ1) is 9.08. The van der Waals surface area contributed by atoms with Gasteiger partial charge in [0, 0.05) is 17.5 Å². The highest BCUT2D eigenvalue weighted by Gasteiger charge is 2.08. The monoisotopic (exact) mass is 256 g/mol. The Morgan fingerprint density at radius 1 is 1.37 bits per heavy atom. The number of esters is 1. The molecule has 0 atom stereocenters. The molecule has 0 aliphatic carbocycles. The zero-order valence-corrected chi connectivity index (χ0v) is 11.1. The van der Waals surface area contributed by atoms with E-state index in [0.717, 1.165) is 17.2 Å². The molecule has 4 nitrogen and oxygen atoms in total. The number of aromatic nitrogens is 2. The molecule has 98 valence electrons. The maximum atomic E-state index is 11.3. The molecule has 0 spiro atoms. The molecule has 0 amide bonds. The van der Waals surface area contributed by atoms with Crippen LogP contribution in [0.4, 0.5) is 0 Å². The third-order valence-corrected chi connectivity index (χ3v) is 2.67. The molecule has 2 rings (SSSR count). The smallest absolute Gasteiger partial charge is 0.333 e. The van der Waals surface area contributed by atoms with E-state index in [1.807, 2.05) is 48.0 Å².